The van der Waals surface area contributed by atoms with E-state index < -0.39 is 12.0 Å². The molecule has 0 aliphatic rings. The Balaban J connectivity index is 2.86. The van der Waals surface area contributed by atoms with Crippen LogP contribution in [0, 0.1) is 0 Å². The predicted octanol–water partition coefficient (Wildman–Crippen LogP) is 2.34. The largest absolute Gasteiger partial charge is 0.464 e. The molecule has 0 bridgehead atoms. The van der Waals surface area contributed by atoms with Gasteiger partial charge in [0.15, 0.2) is 0 Å². The lowest BCUT2D eigenvalue weighted by Gasteiger charge is -2.28. The molecule has 120 valence electrons. The highest BCUT2D eigenvalue weighted by atomic mass is 16.5. The summed E-state index contributed by atoms with van der Waals surface area (Å²) < 4.78 is 5.00. The molecule has 0 radical (unpaired) electrons. The number of carbonyl (C=O) groups excluding carboxylic acids is 3. The first-order valence-corrected chi connectivity index (χ1v) is 7.45. The van der Waals surface area contributed by atoms with Crippen molar-refractivity contribution >= 4 is 17.7 Å². The Bertz CT molecular complexity index is 513. The van der Waals surface area contributed by atoms with Crippen LogP contribution in [0.15, 0.2) is 30.3 Å². The zero-order valence-electron chi connectivity index (χ0n) is 13.4. The number of ether oxygens (including phenoxy) is 1. The maximum absolute atomic E-state index is 12.4. The molecule has 0 heterocycles. The first-order chi connectivity index (χ1) is 10.5. The van der Waals surface area contributed by atoms with E-state index in [9.17, 15) is 14.4 Å². The molecule has 0 aromatic heterocycles. The standard InChI is InChI=1S/C17H23NO4/c1-4-22-17(21)14(3)18(16(20)11-10-13(2)19)12-15-8-6-5-7-9-15/h5-9,14H,4,10-12H2,1-3H3. The summed E-state index contributed by atoms with van der Waals surface area (Å²) in [6.45, 7) is 5.40. The van der Waals surface area contributed by atoms with E-state index in [-0.39, 0.29) is 31.1 Å². The number of rotatable bonds is 8. The summed E-state index contributed by atoms with van der Waals surface area (Å²) in [6.07, 6.45) is 0.283. The Morgan fingerprint density at radius 1 is 1.14 bits per heavy atom. The van der Waals surface area contributed by atoms with Crippen molar-refractivity contribution in [1.29, 1.82) is 0 Å². The third kappa shape index (κ3) is 5.68. The number of nitrogens with zero attached hydrogens (tertiary/aromatic N) is 1. The fourth-order valence-corrected chi connectivity index (χ4v) is 2.04. The third-order valence-electron chi connectivity index (χ3n) is 3.30. The molecule has 0 saturated heterocycles. The second-order valence-corrected chi connectivity index (χ2v) is 5.14. The van der Waals surface area contributed by atoms with Crippen LogP contribution in [-0.2, 0) is 25.7 Å². The first kappa shape index (κ1) is 17.9. The Labute approximate surface area is 131 Å². The van der Waals surface area contributed by atoms with Crippen LogP contribution in [0.1, 0.15) is 39.2 Å². The lowest BCUT2D eigenvalue weighted by atomic mass is 10.1. The second-order valence-electron chi connectivity index (χ2n) is 5.14. The molecular weight excluding hydrogens is 282 g/mol. The van der Waals surface area contributed by atoms with Gasteiger partial charge in [0.1, 0.15) is 11.8 Å². The van der Waals surface area contributed by atoms with E-state index in [0.29, 0.717) is 6.54 Å². The van der Waals surface area contributed by atoms with Gasteiger partial charge in [0.2, 0.25) is 5.91 Å². The lowest BCUT2D eigenvalue weighted by Crippen LogP contribution is -2.43. The normalized spacial score (nSPS) is 11.6. The summed E-state index contributed by atoms with van der Waals surface area (Å²) in [7, 11) is 0. The highest BCUT2D eigenvalue weighted by Gasteiger charge is 2.26. The number of ketones is 1. The second kappa shape index (κ2) is 8.97. The molecule has 1 amide bonds. The molecule has 1 aromatic carbocycles. The number of hydrogen-bond donors (Lipinski definition) is 0. The van der Waals surface area contributed by atoms with Crippen LogP contribution in [0.2, 0.25) is 0 Å². The van der Waals surface area contributed by atoms with Crippen LogP contribution in [0.3, 0.4) is 0 Å². The van der Waals surface area contributed by atoms with Crippen molar-refractivity contribution in [1.82, 2.24) is 4.90 Å². The van der Waals surface area contributed by atoms with Gasteiger partial charge < -0.3 is 14.4 Å². The molecule has 1 unspecified atom stereocenters. The molecule has 0 spiro atoms. The maximum Gasteiger partial charge on any atom is 0.328 e. The number of hydrogen-bond acceptors (Lipinski definition) is 4. The van der Waals surface area contributed by atoms with Crippen LogP contribution in [-0.4, -0.2) is 35.2 Å². The van der Waals surface area contributed by atoms with Crippen LogP contribution in [0.5, 0.6) is 0 Å². The van der Waals surface area contributed by atoms with Gasteiger partial charge in [-0.15, -0.1) is 0 Å². The van der Waals surface area contributed by atoms with Gasteiger partial charge in [-0.3, -0.25) is 4.79 Å². The van der Waals surface area contributed by atoms with Crippen molar-refractivity contribution in [2.24, 2.45) is 0 Å². The molecule has 0 aliphatic heterocycles. The van der Waals surface area contributed by atoms with E-state index >= 15 is 0 Å². The number of benzene rings is 1. The van der Waals surface area contributed by atoms with Gasteiger partial charge in [0, 0.05) is 19.4 Å². The monoisotopic (exact) mass is 305 g/mol. The van der Waals surface area contributed by atoms with Gasteiger partial charge in [0.25, 0.3) is 0 Å². The SMILES string of the molecule is CCOC(=O)C(C)N(Cc1ccccc1)C(=O)CCC(C)=O. The van der Waals surface area contributed by atoms with Gasteiger partial charge in [-0.1, -0.05) is 30.3 Å². The van der Waals surface area contributed by atoms with Crippen LogP contribution in [0.25, 0.3) is 0 Å². The van der Waals surface area contributed by atoms with Gasteiger partial charge in [-0.2, -0.15) is 0 Å². The molecule has 0 aliphatic carbocycles. The summed E-state index contributed by atoms with van der Waals surface area (Å²) in [5, 5.41) is 0. The van der Waals surface area contributed by atoms with Gasteiger partial charge in [-0.25, -0.2) is 4.79 Å². The predicted molar refractivity (Wildman–Crippen MR) is 83.0 cm³/mol. The van der Waals surface area contributed by atoms with E-state index in [4.69, 9.17) is 4.74 Å². The minimum absolute atomic E-state index is 0.0446. The molecule has 5 nitrogen and oxygen atoms in total. The minimum Gasteiger partial charge on any atom is -0.464 e. The number of Topliss-reactive ketones (excluding diaryl/α,β-unsaturated/α-hetero) is 1. The molecule has 0 N–H and O–H groups in total. The number of carbonyl (C=O) groups is 3. The number of esters is 1. The van der Waals surface area contributed by atoms with Gasteiger partial charge in [0.05, 0.1) is 6.61 Å². The molecule has 0 fully saturated rings. The quantitative estimate of drug-likeness (QED) is 0.692. The molecule has 1 rings (SSSR count). The average Bonchev–Trinajstić information content (AvgIpc) is 2.50. The maximum atomic E-state index is 12.4. The summed E-state index contributed by atoms with van der Waals surface area (Å²) >= 11 is 0. The number of amides is 1. The van der Waals surface area contributed by atoms with Crippen LogP contribution in [0.4, 0.5) is 0 Å². The molecule has 1 atom stereocenters. The zero-order valence-corrected chi connectivity index (χ0v) is 13.4. The Morgan fingerprint density at radius 3 is 2.32 bits per heavy atom. The third-order valence-corrected chi connectivity index (χ3v) is 3.30. The fourth-order valence-electron chi connectivity index (χ4n) is 2.04. The van der Waals surface area contributed by atoms with Crippen LogP contribution < -0.4 is 0 Å². The van der Waals surface area contributed by atoms with Gasteiger partial charge >= 0.3 is 5.97 Å². The molecular formula is C17H23NO4. The highest BCUT2D eigenvalue weighted by Crippen LogP contribution is 2.12. The van der Waals surface area contributed by atoms with E-state index in [2.05, 4.69) is 0 Å². The van der Waals surface area contributed by atoms with Crippen molar-refractivity contribution in [3.63, 3.8) is 0 Å². The van der Waals surface area contributed by atoms with Crippen molar-refractivity contribution in [3.05, 3.63) is 35.9 Å². The summed E-state index contributed by atoms with van der Waals surface area (Å²) in [6, 6.07) is 8.75. The van der Waals surface area contributed by atoms with E-state index in [1.165, 1.54) is 11.8 Å². The molecule has 0 saturated carbocycles. The molecule has 5 heteroatoms. The molecule has 1 aromatic rings. The average molecular weight is 305 g/mol. The minimum atomic E-state index is -0.681. The van der Waals surface area contributed by atoms with Crippen molar-refractivity contribution in [2.45, 2.75) is 46.2 Å². The zero-order chi connectivity index (χ0) is 16.5. The Kier molecular flexibility index (Phi) is 7.29. The lowest BCUT2D eigenvalue weighted by molar-refractivity contribution is -0.154. The van der Waals surface area contributed by atoms with E-state index in [0.717, 1.165) is 5.56 Å². The van der Waals surface area contributed by atoms with E-state index in [1.807, 2.05) is 30.3 Å². The summed E-state index contributed by atoms with van der Waals surface area (Å²) in [5.74, 6) is -0.703. The molecule has 22 heavy (non-hydrogen) atoms. The Morgan fingerprint density at radius 2 is 1.77 bits per heavy atom. The summed E-state index contributed by atoms with van der Waals surface area (Å²) in [4.78, 5) is 36.8. The van der Waals surface area contributed by atoms with Crippen LogP contribution >= 0.6 is 0 Å². The highest BCUT2D eigenvalue weighted by molar-refractivity contribution is 5.87. The topological polar surface area (TPSA) is 63.7 Å². The smallest absolute Gasteiger partial charge is 0.328 e. The van der Waals surface area contributed by atoms with Crippen molar-refractivity contribution in [3.8, 4) is 0 Å². The van der Waals surface area contributed by atoms with Crippen molar-refractivity contribution in [2.75, 3.05) is 6.61 Å². The van der Waals surface area contributed by atoms with E-state index in [1.54, 1.807) is 13.8 Å². The fraction of sp³-hybridized carbons (Fsp3) is 0.471. The van der Waals surface area contributed by atoms with Gasteiger partial charge in [-0.05, 0) is 26.3 Å². The van der Waals surface area contributed by atoms with Crippen molar-refractivity contribution < 1.29 is 19.1 Å². The summed E-state index contributed by atoms with van der Waals surface area (Å²) in [5.41, 5.74) is 0.926. The Hall–Kier alpha value is -2.17. The first-order valence-electron chi connectivity index (χ1n) is 7.45.